The molecule has 0 radical (unpaired) electrons. The molecule has 110 valence electrons. The second-order valence-electron chi connectivity index (χ2n) is 4.54. The van der Waals surface area contributed by atoms with E-state index in [2.05, 4.69) is 10.3 Å². The molecule has 0 fully saturated rings. The Labute approximate surface area is 123 Å². The molecule has 21 heavy (non-hydrogen) atoms. The Kier molecular flexibility index (Phi) is 4.23. The maximum absolute atomic E-state index is 12.0. The van der Waals surface area contributed by atoms with Crippen LogP contribution in [0.2, 0.25) is 0 Å². The van der Waals surface area contributed by atoms with Crippen LogP contribution in [0.1, 0.15) is 11.1 Å². The third kappa shape index (κ3) is 3.79. The Morgan fingerprint density at radius 1 is 1.10 bits per heavy atom. The Morgan fingerprint density at radius 2 is 1.76 bits per heavy atom. The third-order valence-corrected chi connectivity index (χ3v) is 4.15. The van der Waals surface area contributed by atoms with Crippen LogP contribution < -0.4 is 10.0 Å². The predicted octanol–water partition coefficient (Wildman–Crippen LogP) is 2.21. The van der Waals surface area contributed by atoms with Gasteiger partial charge in [0.2, 0.25) is 0 Å². The minimum absolute atomic E-state index is 0.0287. The van der Waals surface area contributed by atoms with E-state index in [-0.39, 0.29) is 4.90 Å². The zero-order valence-corrected chi connectivity index (χ0v) is 12.4. The Bertz CT molecular complexity index is 755. The van der Waals surface area contributed by atoms with Crippen LogP contribution in [0.15, 0.2) is 47.5 Å². The third-order valence-electron chi connectivity index (χ3n) is 2.80. The molecule has 1 heterocycles. The first-order chi connectivity index (χ1) is 9.88. The highest BCUT2D eigenvalue weighted by molar-refractivity contribution is 7.90. The van der Waals surface area contributed by atoms with Crippen LogP contribution in [-0.2, 0) is 10.0 Å². The van der Waals surface area contributed by atoms with Gasteiger partial charge in [0.15, 0.2) is 0 Å². The van der Waals surface area contributed by atoms with Crippen LogP contribution in [0, 0.1) is 13.8 Å². The Morgan fingerprint density at radius 3 is 2.38 bits per heavy atom. The summed E-state index contributed by atoms with van der Waals surface area (Å²) in [7, 11) is -3.90. The minimum atomic E-state index is -3.90. The number of carbonyl (C=O) groups excluding carboxylic acids is 1. The maximum Gasteiger partial charge on any atom is 0.334 e. The molecule has 2 N–H and O–H groups in total. The molecule has 0 saturated heterocycles. The summed E-state index contributed by atoms with van der Waals surface area (Å²) < 4.78 is 26.0. The lowest BCUT2D eigenvalue weighted by Crippen LogP contribution is -2.34. The van der Waals surface area contributed by atoms with Gasteiger partial charge in [0.05, 0.1) is 4.90 Å². The van der Waals surface area contributed by atoms with Crippen LogP contribution in [0.4, 0.5) is 10.6 Å². The van der Waals surface area contributed by atoms with Crippen LogP contribution in [0.5, 0.6) is 0 Å². The summed E-state index contributed by atoms with van der Waals surface area (Å²) in [6.45, 7) is 3.61. The van der Waals surface area contributed by atoms with Crippen LogP contribution in [-0.4, -0.2) is 19.4 Å². The number of nitrogens with one attached hydrogen (secondary N) is 2. The predicted molar refractivity (Wildman–Crippen MR) is 79.5 cm³/mol. The minimum Gasteiger partial charge on any atom is -0.291 e. The van der Waals surface area contributed by atoms with E-state index in [0.717, 1.165) is 11.1 Å². The van der Waals surface area contributed by atoms with E-state index in [0.29, 0.717) is 5.82 Å². The topological polar surface area (TPSA) is 88.2 Å². The molecule has 2 aromatic rings. The van der Waals surface area contributed by atoms with E-state index in [1.54, 1.807) is 31.2 Å². The number of amides is 2. The second-order valence-corrected chi connectivity index (χ2v) is 6.22. The molecular formula is C14H15N3O3S. The van der Waals surface area contributed by atoms with Crippen molar-refractivity contribution in [3.63, 3.8) is 0 Å². The van der Waals surface area contributed by atoms with Gasteiger partial charge in [0.25, 0.3) is 10.0 Å². The van der Waals surface area contributed by atoms with Gasteiger partial charge in [-0.05, 0) is 37.6 Å². The lowest BCUT2D eigenvalue weighted by Gasteiger charge is -2.09. The first-order valence-electron chi connectivity index (χ1n) is 6.20. The summed E-state index contributed by atoms with van der Waals surface area (Å²) in [5.74, 6) is 0.314. The molecule has 6 nitrogen and oxygen atoms in total. The van der Waals surface area contributed by atoms with Gasteiger partial charge in [-0.1, -0.05) is 23.8 Å². The molecule has 2 rings (SSSR count). The quantitative estimate of drug-likeness (QED) is 0.910. The van der Waals surface area contributed by atoms with Gasteiger partial charge >= 0.3 is 6.03 Å². The molecular weight excluding hydrogens is 290 g/mol. The van der Waals surface area contributed by atoms with E-state index in [9.17, 15) is 13.2 Å². The van der Waals surface area contributed by atoms with Gasteiger partial charge in [-0.2, -0.15) is 0 Å². The standard InChI is InChI=1S/C14H15N3O3S/c1-10-5-7-12(8-6-10)21(19,20)17-14(18)16-13-11(2)4-3-9-15-13/h3-9H,1-2H3,(H2,15,16,17,18). The highest BCUT2D eigenvalue weighted by atomic mass is 32.2. The smallest absolute Gasteiger partial charge is 0.291 e. The Hall–Kier alpha value is -2.41. The van der Waals surface area contributed by atoms with Crippen molar-refractivity contribution in [3.05, 3.63) is 53.7 Å². The van der Waals surface area contributed by atoms with Crippen molar-refractivity contribution in [3.8, 4) is 0 Å². The SMILES string of the molecule is Cc1ccc(S(=O)(=O)NC(=O)Nc2ncccc2C)cc1. The number of rotatable bonds is 3. The van der Waals surface area contributed by atoms with E-state index < -0.39 is 16.1 Å². The normalized spacial score (nSPS) is 11.0. The Balaban J connectivity index is 2.12. The molecule has 0 aliphatic rings. The molecule has 0 unspecified atom stereocenters. The van der Waals surface area contributed by atoms with E-state index >= 15 is 0 Å². The maximum atomic E-state index is 12.0. The number of aromatic nitrogens is 1. The average Bonchev–Trinajstić information content (AvgIpc) is 2.41. The van der Waals surface area contributed by atoms with Gasteiger partial charge < -0.3 is 0 Å². The summed E-state index contributed by atoms with van der Waals surface area (Å²) in [6.07, 6.45) is 1.51. The fourth-order valence-electron chi connectivity index (χ4n) is 1.65. The molecule has 0 saturated carbocycles. The number of hydrogen-bond acceptors (Lipinski definition) is 4. The van der Waals surface area contributed by atoms with E-state index in [4.69, 9.17) is 0 Å². The number of anilines is 1. The molecule has 0 aliphatic heterocycles. The highest BCUT2D eigenvalue weighted by Crippen LogP contribution is 2.11. The van der Waals surface area contributed by atoms with Crippen molar-refractivity contribution >= 4 is 21.9 Å². The first-order valence-corrected chi connectivity index (χ1v) is 7.69. The molecule has 0 atom stereocenters. The largest absolute Gasteiger partial charge is 0.334 e. The van der Waals surface area contributed by atoms with Crippen molar-refractivity contribution in [2.45, 2.75) is 18.7 Å². The fraction of sp³-hybridized carbons (Fsp3) is 0.143. The van der Waals surface area contributed by atoms with Crippen LogP contribution >= 0.6 is 0 Å². The van der Waals surface area contributed by atoms with Gasteiger partial charge in [-0.25, -0.2) is 22.9 Å². The second kappa shape index (κ2) is 5.92. The number of benzene rings is 1. The van der Waals surface area contributed by atoms with E-state index in [1.807, 2.05) is 11.6 Å². The number of carbonyl (C=O) groups is 1. The van der Waals surface area contributed by atoms with Crippen molar-refractivity contribution < 1.29 is 13.2 Å². The molecule has 0 aliphatic carbocycles. The van der Waals surface area contributed by atoms with Gasteiger partial charge in [0.1, 0.15) is 5.82 Å². The number of urea groups is 1. The highest BCUT2D eigenvalue weighted by Gasteiger charge is 2.17. The van der Waals surface area contributed by atoms with Crippen molar-refractivity contribution in [2.24, 2.45) is 0 Å². The summed E-state index contributed by atoms with van der Waals surface area (Å²) in [5, 5.41) is 2.41. The summed E-state index contributed by atoms with van der Waals surface area (Å²) in [5.41, 5.74) is 1.67. The summed E-state index contributed by atoms with van der Waals surface area (Å²) in [6, 6.07) is 8.84. The number of pyridine rings is 1. The van der Waals surface area contributed by atoms with Crippen molar-refractivity contribution in [1.29, 1.82) is 0 Å². The molecule has 0 spiro atoms. The molecule has 7 heteroatoms. The van der Waals surface area contributed by atoms with Gasteiger partial charge in [-0.15, -0.1) is 0 Å². The average molecular weight is 305 g/mol. The van der Waals surface area contributed by atoms with Crippen molar-refractivity contribution in [2.75, 3.05) is 5.32 Å². The van der Waals surface area contributed by atoms with Gasteiger partial charge in [0, 0.05) is 6.20 Å². The molecule has 2 amide bonds. The monoisotopic (exact) mass is 305 g/mol. The zero-order valence-electron chi connectivity index (χ0n) is 11.6. The van der Waals surface area contributed by atoms with Crippen LogP contribution in [0.3, 0.4) is 0 Å². The molecule has 1 aromatic carbocycles. The van der Waals surface area contributed by atoms with E-state index in [1.165, 1.54) is 18.3 Å². The summed E-state index contributed by atoms with van der Waals surface area (Å²) >= 11 is 0. The first kappa shape index (κ1) is 15.0. The zero-order chi connectivity index (χ0) is 15.5. The molecule has 0 bridgehead atoms. The molecule has 1 aromatic heterocycles. The van der Waals surface area contributed by atoms with Crippen molar-refractivity contribution in [1.82, 2.24) is 9.71 Å². The van der Waals surface area contributed by atoms with Gasteiger partial charge in [-0.3, -0.25) is 5.32 Å². The number of sulfonamides is 1. The summed E-state index contributed by atoms with van der Waals surface area (Å²) in [4.78, 5) is 15.8. The lowest BCUT2D eigenvalue weighted by atomic mass is 10.2. The fourth-order valence-corrected chi connectivity index (χ4v) is 2.56. The number of nitrogens with zero attached hydrogens (tertiary/aromatic N) is 1. The number of aryl methyl sites for hydroxylation is 2. The number of hydrogen-bond donors (Lipinski definition) is 2. The lowest BCUT2D eigenvalue weighted by molar-refractivity contribution is 0.256. The van der Waals surface area contributed by atoms with Crippen LogP contribution in [0.25, 0.3) is 0 Å².